The molecule has 0 aliphatic rings. The standard InChI is InChI=1S/C17H16Cl2N2O2/c1-11-9-15(19)7-8-16(11)23-10-17(22)21-20-12(2)13-3-5-14(18)6-4-13/h3-9H,10H2,1-2H3,(H,21,22). The number of nitrogens with one attached hydrogen (secondary N) is 1. The molecular formula is C17H16Cl2N2O2. The third-order valence-electron chi connectivity index (χ3n) is 3.11. The predicted octanol–water partition coefficient (Wildman–Crippen LogP) is 4.22. The van der Waals surface area contributed by atoms with Gasteiger partial charge in [-0.15, -0.1) is 0 Å². The number of hydrogen-bond acceptors (Lipinski definition) is 3. The Hall–Kier alpha value is -2.04. The van der Waals surface area contributed by atoms with Crippen LogP contribution in [0.3, 0.4) is 0 Å². The topological polar surface area (TPSA) is 50.7 Å². The normalized spacial score (nSPS) is 11.2. The molecule has 6 heteroatoms. The second kappa shape index (κ2) is 7.99. The zero-order chi connectivity index (χ0) is 16.8. The van der Waals surface area contributed by atoms with Crippen LogP contribution in [0.1, 0.15) is 18.1 Å². The lowest BCUT2D eigenvalue weighted by Crippen LogP contribution is -2.25. The molecule has 0 aliphatic heterocycles. The van der Waals surface area contributed by atoms with Crippen molar-refractivity contribution in [3.05, 3.63) is 63.6 Å². The zero-order valence-corrected chi connectivity index (χ0v) is 14.3. The first kappa shape index (κ1) is 17.3. The minimum absolute atomic E-state index is 0.125. The Morgan fingerprint density at radius 3 is 2.43 bits per heavy atom. The average Bonchev–Trinajstić information content (AvgIpc) is 2.52. The van der Waals surface area contributed by atoms with Gasteiger partial charge in [0.15, 0.2) is 6.61 Å². The van der Waals surface area contributed by atoms with Crippen LogP contribution in [-0.2, 0) is 4.79 Å². The summed E-state index contributed by atoms with van der Waals surface area (Å²) in [6.45, 7) is 3.54. The first-order valence-corrected chi connectivity index (χ1v) is 7.69. The highest BCUT2D eigenvalue weighted by Gasteiger charge is 2.05. The van der Waals surface area contributed by atoms with E-state index < -0.39 is 0 Å². The molecule has 0 saturated carbocycles. The number of aryl methyl sites for hydroxylation is 1. The molecule has 1 N–H and O–H groups in total. The molecule has 0 aliphatic carbocycles. The Kier molecular flexibility index (Phi) is 6.02. The number of hydrazone groups is 1. The van der Waals surface area contributed by atoms with Crippen LogP contribution in [0.4, 0.5) is 0 Å². The van der Waals surface area contributed by atoms with Crippen LogP contribution >= 0.6 is 23.2 Å². The van der Waals surface area contributed by atoms with E-state index in [-0.39, 0.29) is 12.5 Å². The van der Waals surface area contributed by atoms with Crippen LogP contribution in [0, 0.1) is 6.92 Å². The van der Waals surface area contributed by atoms with Crippen LogP contribution in [0.15, 0.2) is 47.6 Å². The van der Waals surface area contributed by atoms with Crippen molar-refractivity contribution in [2.45, 2.75) is 13.8 Å². The van der Waals surface area contributed by atoms with Gasteiger partial charge in [-0.3, -0.25) is 4.79 Å². The molecule has 0 spiro atoms. The van der Waals surface area contributed by atoms with Crippen molar-refractivity contribution < 1.29 is 9.53 Å². The number of carbonyl (C=O) groups excluding carboxylic acids is 1. The van der Waals surface area contributed by atoms with E-state index in [0.29, 0.717) is 21.5 Å². The van der Waals surface area contributed by atoms with Crippen molar-refractivity contribution in [1.29, 1.82) is 0 Å². The van der Waals surface area contributed by atoms with Crippen LogP contribution in [0.25, 0.3) is 0 Å². The predicted molar refractivity (Wildman–Crippen MR) is 93.5 cm³/mol. The summed E-state index contributed by atoms with van der Waals surface area (Å²) in [4.78, 5) is 11.8. The number of nitrogens with zero attached hydrogens (tertiary/aromatic N) is 1. The van der Waals surface area contributed by atoms with Gasteiger partial charge in [-0.1, -0.05) is 35.3 Å². The second-order valence-corrected chi connectivity index (χ2v) is 5.81. The van der Waals surface area contributed by atoms with E-state index in [1.54, 1.807) is 37.3 Å². The van der Waals surface area contributed by atoms with Gasteiger partial charge >= 0.3 is 0 Å². The van der Waals surface area contributed by atoms with E-state index in [2.05, 4.69) is 10.5 Å². The molecule has 1 amide bonds. The monoisotopic (exact) mass is 350 g/mol. The molecule has 0 unspecified atom stereocenters. The summed E-state index contributed by atoms with van der Waals surface area (Å²) in [5.74, 6) is 0.274. The van der Waals surface area contributed by atoms with Crippen LogP contribution in [0.2, 0.25) is 10.0 Å². The fourth-order valence-electron chi connectivity index (χ4n) is 1.85. The van der Waals surface area contributed by atoms with Crippen molar-refractivity contribution in [2.75, 3.05) is 6.61 Å². The van der Waals surface area contributed by atoms with Crippen LogP contribution in [0.5, 0.6) is 5.75 Å². The number of carbonyl (C=O) groups is 1. The summed E-state index contributed by atoms with van der Waals surface area (Å²) in [6.07, 6.45) is 0. The molecule has 4 nitrogen and oxygen atoms in total. The van der Waals surface area contributed by atoms with Gasteiger partial charge in [0.2, 0.25) is 0 Å². The van der Waals surface area contributed by atoms with Crippen molar-refractivity contribution in [1.82, 2.24) is 5.43 Å². The third kappa shape index (κ3) is 5.27. The highest BCUT2D eigenvalue weighted by atomic mass is 35.5. The first-order chi connectivity index (χ1) is 11.0. The number of benzene rings is 2. The highest BCUT2D eigenvalue weighted by Crippen LogP contribution is 2.21. The minimum Gasteiger partial charge on any atom is -0.483 e. The van der Waals surface area contributed by atoms with Crippen molar-refractivity contribution in [3.8, 4) is 5.75 Å². The Balaban J connectivity index is 1.89. The van der Waals surface area contributed by atoms with Crippen molar-refractivity contribution >= 4 is 34.8 Å². The quantitative estimate of drug-likeness (QED) is 0.648. The van der Waals surface area contributed by atoms with Gasteiger partial charge in [0, 0.05) is 10.0 Å². The molecule has 0 fully saturated rings. The molecule has 2 rings (SSSR count). The lowest BCUT2D eigenvalue weighted by molar-refractivity contribution is -0.123. The molecule has 0 atom stereocenters. The molecule has 2 aromatic rings. The van der Waals surface area contributed by atoms with Gasteiger partial charge in [0.25, 0.3) is 5.91 Å². The van der Waals surface area contributed by atoms with E-state index in [0.717, 1.165) is 11.1 Å². The fourth-order valence-corrected chi connectivity index (χ4v) is 2.20. The number of amides is 1. The largest absolute Gasteiger partial charge is 0.483 e. The molecule has 2 aromatic carbocycles. The van der Waals surface area contributed by atoms with Gasteiger partial charge in [-0.25, -0.2) is 5.43 Å². The molecule has 0 heterocycles. The molecule has 0 saturated heterocycles. The van der Waals surface area contributed by atoms with Gasteiger partial charge < -0.3 is 4.74 Å². The first-order valence-electron chi connectivity index (χ1n) is 6.94. The minimum atomic E-state index is -0.340. The van der Waals surface area contributed by atoms with E-state index >= 15 is 0 Å². The Bertz CT molecular complexity index is 728. The highest BCUT2D eigenvalue weighted by molar-refractivity contribution is 6.31. The van der Waals surface area contributed by atoms with Crippen molar-refractivity contribution in [2.24, 2.45) is 5.10 Å². The fraction of sp³-hybridized carbons (Fsp3) is 0.176. The average molecular weight is 351 g/mol. The van der Waals surface area contributed by atoms with Crippen LogP contribution in [-0.4, -0.2) is 18.2 Å². The molecule has 0 radical (unpaired) electrons. The molecular weight excluding hydrogens is 335 g/mol. The number of halogens is 2. The second-order valence-electron chi connectivity index (χ2n) is 4.94. The summed E-state index contributed by atoms with van der Waals surface area (Å²) >= 11 is 11.7. The summed E-state index contributed by atoms with van der Waals surface area (Å²) in [7, 11) is 0. The SMILES string of the molecule is CC(=NNC(=O)COc1ccc(Cl)cc1C)c1ccc(Cl)cc1. The maximum atomic E-state index is 11.8. The van der Waals surface area contributed by atoms with Crippen LogP contribution < -0.4 is 10.2 Å². The van der Waals surface area contributed by atoms with E-state index in [9.17, 15) is 4.79 Å². The molecule has 23 heavy (non-hydrogen) atoms. The summed E-state index contributed by atoms with van der Waals surface area (Å²) in [6, 6.07) is 12.4. The summed E-state index contributed by atoms with van der Waals surface area (Å²) < 4.78 is 5.45. The smallest absolute Gasteiger partial charge is 0.277 e. The van der Waals surface area contributed by atoms with Gasteiger partial charge in [0.1, 0.15) is 5.75 Å². The number of rotatable bonds is 5. The molecule has 0 bridgehead atoms. The van der Waals surface area contributed by atoms with Crippen molar-refractivity contribution in [3.63, 3.8) is 0 Å². The maximum Gasteiger partial charge on any atom is 0.277 e. The van der Waals surface area contributed by atoms with Gasteiger partial charge in [-0.2, -0.15) is 5.10 Å². The zero-order valence-electron chi connectivity index (χ0n) is 12.8. The molecule has 120 valence electrons. The number of hydrogen-bond donors (Lipinski definition) is 1. The molecule has 0 aromatic heterocycles. The number of ether oxygens (including phenoxy) is 1. The van der Waals surface area contributed by atoms with E-state index in [4.69, 9.17) is 27.9 Å². The van der Waals surface area contributed by atoms with E-state index in [1.165, 1.54) is 0 Å². The Morgan fingerprint density at radius 1 is 1.13 bits per heavy atom. The maximum absolute atomic E-state index is 11.8. The summed E-state index contributed by atoms with van der Waals surface area (Å²) in [5, 5.41) is 5.32. The van der Waals surface area contributed by atoms with Gasteiger partial charge in [-0.05, 0) is 55.3 Å². The van der Waals surface area contributed by atoms with E-state index in [1.807, 2.05) is 19.1 Å². The Labute approximate surface area is 145 Å². The lowest BCUT2D eigenvalue weighted by Gasteiger charge is -2.08. The lowest BCUT2D eigenvalue weighted by atomic mass is 10.1. The third-order valence-corrected chi connectivity index (χ3v) is 3.59. The Morgan fingerprint density at radius 2 is 1.78 bits per heavy atom. The summed E-state index contributed by atoms with van der Waals surface area (Å²) in [5.41, 5.74) is 4.89. The van der Waals surface area contributed by atoms with Gasteiger partial charge in [0.05, 0.1) is 5.71 Å².